The molecule has 17 nitrogen and oxygen atoms in total. The Balaban J connectivity index is 1.89. The summed E-state index contributed by atoms with van der Waals surface area (Å²) < 4.78 is 11.1. The Labute approximate surface area is 375 Å². The number of carboxylic acids is 1. The Hall–Kier alpha value is -4.94. The molecule has 0 spiro atoms. The molecule has 7 atom stereocenters. The van der Waals surface area contributed by atoms with Crippen LogP contribution >= 0.6 is 11.3 Å². The summed E-state index contributed by atoms with van der Waals surface area (Å²) in [6, 6.07) is 2.34. The number of nitrogens with one attached hydrogen (secondary N) is 3. The molecule has 3 rings (SSSR count). The van der Waals surface area contributed by atoms with Gasteiger partial charge in [0.05, 0.1) is 29.7 Å². The van der Waals surface area contributed by atoms with Gasteiger partial charge in [-0.25, -0.2) is 4.98 Å². The first-order chi connectivity index (χ1) is 29.5. The van der Waals surface area contributed by atoms with Gasteiger partial charge < -0.3 is 40.5 Å². The van der Waals surface area contributed by atoms with Crippen LogP contribution in [0.25, 0.3) is 0 Å². The smallest absolute Gasteiger partial charge is 0.308 e. The van der Waals surface area contributed by atoms with E-state index in [1.54, 1.807) is 37.9 Å². The molecule has 2 unspecified atom stereocenters. The number of aliphatic hydroxyl groups is 1. The molecule has 1 aromatic carbocycles. The number of ether oxygens (including phenoxy) is 2. The number of benzene rings is 1. The number of hydrogen-bond donors (Lipinski definition) is 5. The summed E-state index contributed by atoms with van der Waals surface area (Å²) >= 11 is 1.10. The predicted molar refractivity (Wildman–Crippen MR) is 238 cm³/mol. The second-order valence-corrected chi connectivity index (χ2v) is 18.7. The summed E-state index contributed by atoms with van der Waals surface area (Å²) in [5.74, 6) is -4.96. The molecule has 63 heavy (non-hydrogen) atoms. The average molecular weight is 901 g/mol. The number of piperidine rings is 1. The summed E-state index contributed by atoms with van der Waals surface area (Å²) in [5.41, 5.74) is -0.454. The molecule has 18 heteroatoms. The zero-order valence-corrected chi connectivity index (χ0v) is 39.4. The molecule has 1 aromatic heterocycles. The van der Waals surface area contributed by atoms with Crippen LogP contribution in [-0.2, 0) is 39.9 Å². The van der Waals surface area contributed by atoms with Gasteiger partial charge in [-0.3, -0.25) is 38.5 Å². The van der Waals surface area contributed by atoms with Gasteiger partial charge in [-0.1, -0.05) is 53.5 Å². The van der Waals surface area contributed by atoms with E-state index in [9.17, 15) is 43.8 Å². The lowest BCUT2D eigenvalue weighted by atomic mass is 9.92. The van der Waals surface area contributed by atoms with Crippen molar-refractivity contribution >= 4 is 58.6 Å². The van der Waals surface area contributed by atoms with Crippen molar-refractivity contribution in [3.63, 3.8) is 0 Å². The maximum Gasteiger partial charge on any atom is 0.308 e. The van der Waals surface area contributed by atoms with Crippen molar-refractivity contribution in [3.8, 4) is 5.75 Å². The Morgan fingerprint density at radius 1 is 1.02 bits per heavy atom. The molecule has 2 heterocycles. The highest BCUT2D eigenvalue weighted by molar-refractivity contribution is 7.09. The van der Waals surface area contributed by atoms with E-state index in [2.05, 4.69) is 20.9 Å². The van der Waals surface area contributed by atoms with E-state index in [1.165, 1.54) is 32.2 Å². The van der Waals surface area contributed by atoms with Gasteiger partial charge in [0, 0.05) is 44.8 Å². The number of hydrogen-bond acceptors (Lipinski definition) is 13. The quantitative estimate of drug-likeness (QED) is 0.0777. The van der Waals surface area contributed by atoms with Gasteiger partial charge in [-0.2, -0.15) is 0 Å². The molecular formula is C45H68N6O11S. The SMILES string of the molecule is CC[C@H](C)[C@H](NC(=O)[C@H]1CCCCN1C)C(=O)N(C)C(C[C@@H](OC(C)=O)c1nc(C(=O)N[C@@H](Cc2ccc(OC(C)=O)c(NC(=O)C(C)(C)CO)c2)CC(C)C(=O)O)cs1)C(C)C. The number of carboxylic acid groups (broad SMARTS) is 1. The lowest BCUT2D eigenvalue weighted by molar-refractivity contribution is -0.149. The minimum atomic E-state index is -1.16. The first-order valence-corrected chi connectivity index (χ1v) is 22.5. The van der Waals surface area contributed by atoms with Crippen LogP contribution in [0.4, 0.5) is 5.69 Å². The fourth-order valence-corrected chi connectivity index (χ4v) is 8.27. The van der Waals surface area contributed by atoms with Crippen molar-refractivity contribution < 1.29 is 53.2 Å². The van der Waals surface area contributed by atoms with Gasteiger partial charge in [0.1, 0.15) is 16.7 Å². The molecule has 1 aliphatic heterocycles. The van der Waals surface area contributed by atoms with Crippen LogP contribution < -0.4 is 20.7 Å². The van der Waals surface area contributed by atoms with Crippen molar-refractivity contribution in [2.75, 3.05) is 32.6 Å². The van der Waals surface area contributed by atoms with E-state index in [4.69, 9.17) is 9.47 Å². The van der Waals surface area contributed by atoms with Gasteiger partial charge >= 0.3 is 17.9 Å². The second kappa shape index (κ2) is 23.7. The maximum absolute atomic E-state index is 14.3. The molecule has 0 bridgehead atoms. The van der Waals surface area contributed by atoms with Crippen LogP contribution in [0.15, 0.2) is 23.6 Å². The number of esters is 2. The van der Waals surface area contributed by atoms with E-state index >= 15 is 0 Å². The van der Waals surface area contributed by atoms with Crippen LogP contribution in [0.1, 0.15) is 128 Å². The molecule has 1 saturated heterocycles. The summed E-state index contributed by atoms with van der Waals surface area (Å²) in [6.07, 6.45) is 2.66. The molecule has 1 fully saturated rings. The fourth-order valence-electron chi connectivity index (χ4n) is 7.43. The van der Waals surface area contributed by atoms with Crippen LogP contribution in [0.3, 0.4) is 0 Å². The molecule has 5 N–H and O–H groups in total. The number of carbonyl (C=O) groups excluding carboxylic acids is 6. The molecular weight excluding hydrogens is 833 g/mol. The highest BCUT2D eigenvalue weighted by Gasteiger charge is 2.37. The standard InChI is InChI=1S/C45H68N6O11S/c1-12-26(4)38(49-40(56)34-15-13-14-18-50(34)10)42(57)51(11)35(25(2)3)22-37(62-29(7)54)41-47-33(23-63-41)39(55)46-31(19-27(5)43(58)59)20-30-16-17-36(61-28(6)53)32(21-30)48-44(60)45(8,9)24-52/h16-17,21,23,25-27,31,34-35,37-38,52H,12-15,18-20,22,24H2,1-11H3,(H,46,55)(H,48,60)(H,49,56)(H,58,59)/t26-,27?,31+,34+,35?,37+,38-/m0/s1. The number of amides is 4. The van der Waals surface area contributed by atoms with Crippen LogP contribution in [0, 0.1) is 23.2 Å². The Kier molecular flexibility index (Phi) is 19.7. The largest absolute Gasteiger partial charge is 0.481 e. The molecule has 0 aliphatic carbocycles. The number of aliphatic carboxylic acids is 1. The third-order valence-corrected chi connectivity index (χ3v) is 12.6. The summed E-state index contributed by atoms with van der Waals surface area (Å²) in [6.45, 7) is 15.2. The van der Waals surface area contributed by atoms with E-state index in [0.717, 1.165) is 30.7 Å². The third kappa shape index (κ3) is 15.1. The number of aliphatic hydroxyl groups excluding tert-OH is 1. The van der Waals surface area contributed by atoms with Crippen molar-refractivity contribution in [1.82, 2.24) is 25.4 Å². The Morgan fingerprint density at radius 3 is 2.27 bits per heavy atom. The van der Waals surface area contributed by atoms with Crippen LogP contribution in [-0.4, -0.2) is 118 Å². The number of rotatable bonds is 22. The Bertz CT molecular complexity index is 1940. The van der Waals surface area contributed by atoms with Crippen LogP contribution in [0.2, 0.25) is 0 Å². The molecule has 1 aliphatic rings. The summed E-state index contributed by atoms with van der Waals surface area (Å²) in [7, 11) is 3.60. The molecule has 2 aromatic rings. The minimum Gasteiger partial charge on any atom is -0.481 e. The van der Waals surface area contributed by atoms with E-state index in [-0.39, 0.29) is 66.1 Å². The molecule has 0 radical (unpaired) electrons. The number of carbonyl (C=O) groups is 7. The van der Waals surface area contributed by atoms with E-state index in [0.29, 0.717) is 23.4 Å². The number of nitrogens with zero attached hydrogens (tertiary/aromatic N) is 3. The third-order valence-electron chi connectivity index (χ3n) is 11.7. The van der Waals surface area contributed by atoms with Crippen molar-refractivity contribution in [3.05, 3.63) is 39.8 Å². The van der Waals surface area contributed by atoms with Crippen molar-refractivity contribution in [2.45, 2.75) is 138 Å². The fraction of sp³-hybridized carbons (Fsp3) is 0.644. The van der Waals surface area contributed by atoms with Gasteiger partial charge in [0.2, 0.25) is 17.7 Å². The number of thiazole rings is 1. The number of aromatic nitrogens is 1. The zero-order valence-electron chi connectivity index (χ0n) is 38.6. The first-order valence-electron chi connectivity index (χ1n) is 21.7. The normalized spacial score (nSPS) is 17.3. The highest BCUT2D eigenvalue weighted by atomic mass is 32.1. The molecule has 4 amide bonds. The second-order valence-electron chi connectivity index (χ2n) is 17.8. The van der Waals surface area contributed by atoms with E-state index in [1.807, 2.05) is 39.6 Å². The highest BCUT2D eigenvalue weighted by Crippen LogP contribution is 2.32. The first kappa shape index (κ1) is 52.4. The topological polar surface area (TPSA) is 234 Å². The monoisotopic (exact) mass is 900 g/mol. The summed E-state index contributed by atoms with van der Waals surface area (Å²) in [4.78, 5) is 99.1. The maximum atomic E-state index is 14.3. The lowest BCUT2D eigenvalue weighted by Crippen LogP contribution is -2.58. The number of likely N-dealkylation sites (N-methyl/N-ethyl adjacent to an activating group) is 2. The average Bonchev–Trinajstić information content (AvgIpc) is 3.72. The van der Waals surface area contributed by atoms with Gasteiger partial charge in [0.15, 0.2) is 11.9 Å². The van der Waals surface area contributed by atoms with Crippen molar-refractivity contribution in [1.29, 1.82) is 0 Å². The zero-order chi connectivity index (χ0) is 47.3. The number of anilines is 1. The van der Waals surface area contributed by atoms with Gasteiger partial charge in [-0.15, -0.1) is 11.3 Å². The Morgan fingerprint density at radius 2 is 1.70 bits per heavy atom. The summed E-state index contributed by atoms with van der Waals surface area (Å²) in [5, 5.41) is 30.0. The molecule has 0 saturated carbocycles. The minimum absolute atomic E-state index is 0.00211. The predicted octanol–water partition coefficient (Wildman–Crippen LogP) is 4.97. The van der Waals surface area contributed by atoms with Crippen LogP contribution in [0.5, 0.6) is 5.75 Å². The van der Waals surface area contributed by atoms with Crippen molar-refractivity contribution in [2.24, 2.45) is 23.2 Å². The van der Waals surface area contributed by atoms with Gasteiger partial charge in [-0.05, 0) is 82.7 Å². The molecule has 350 valence electrons. The van der Waals surface area contributed by atoms with E-state index < -0.39 is 71.9 Å². The lowest BCUT2D eigenvalue weighted by Gasteiger charge is -2.38. The van der Waals surface area contributed by atoms with Gasteiger partial charge in [0.25, 0.3) is 5.91 Å². The number of likely N-dealkylation sites (tertiary alicyclic amines) is 1.